The molecule has 26 heavy (non-hydrogen) atoms. The summed E-state index contributed by atoms with van der Waals surface area (Å²) in [6.07, 6.45) is -24.4. The topological polar surface area (TPSA) is 105 Å². The first-order chi connectivity index (χ1) is 11.3. The molecule has 0 aliphatic rings. The molecule has 2 unspecified atom stereocenters. The molecule has 0 aliphatic heterocycles. The minimum atomic E-state index is -6.54. The van der Waals surface area contributed by atoms with Gasteiger partial charge in [-0.15, -0.1) is 0 Å². The molecule has 0 heterocycles. The second-order valence-electron chi connectivity index (χ2n) is 4.53. The van der Waals surface area contributed by atoms with Gasteiger partial charge in [0.2, 0.25) is 6.10 Å². The predicted molar refractivity (Wildman–Crippen MR) is 62.7 cm³/mol. The molecule has 0 saturated carbocycles. The molecule has 7 nitrogen and oxygen atoms in total. The van der Waals surface area contributed by atoms with E-state index in [1.165, 1.54) is 0 Å². The Morgan fingerprint density at radius 2 is 1.54 bits per heavy atom. The number of amides is 1. The van der Waals surface area contributed by atoms with Crippen LogP contribution in [0.15, 0.2) is 0 Å². The van der Waals surface area contributed by atoms with Gasteiger partial charge < -0.3 is 19.8 Å². The summed E-state index contributed by atoms with van der Waals surface area (Å²) >= 11 is 0. The lowest BCUT2D eigenvalue weighted by molar-refractivity contribution is -0.466. The number of carbonyl (C=O) groups is 1. The van der Waals surface area contributed by atoms with Crippen LogP contribution in [0.25, 0.3) is 0 Å². The summed E-state index contributed by atoms with van der Waals surface area (Å²) in [5.41, 5.74) is 0. The van der Waals surface area contributed by atoms with Crippen molar-refractivity contribution in [1.29, 1.82) is 0 Å². The lowest BCUT2D eigenvalue weighted by Crippen LogP contribution is -2.61. The van der Waals surface area contributed by atoms with Gasteiger partial charge in [0.15, 0.2) is 0 Å². The molecule has 156 valence electrons. The molecule has 0 saturated heterocycles. The van der Waals surface area contributed by atoms with Gasteiger partial charge in [-0.05, 0) is 0 Å². The summed E-state index contributed by atoms with van der Waals surface area (Å²) in [5.74, 6) is -8.55. The highest BCUT2D eigenvalue weighted by molar-refractivity contribution is 7.51. The minimum Gasteiger partial charge on any atom is -0.353 e. The molecule has 0 aromatic heterocycles. The van der Waals surface area contributed by atoms with Crippen molar-refractivity contribution in [2.75, 3.05) is 19.8 Å². The second kappa shape index (κ2) is 7.88. The molecular formula is C9H11F9NO6P. The number of rotatable bonds is 8. The fourth-order valence-corrected chi connectivity index (χ4v) is 1.71. The number of ether oxygens (including phenoxy) is 2. The third-order valence-electron chi connectivity index (χ3n) is 2.52. The molecule has 0 aromatic carbocycles. The van der Waals surface area contributed by atoms with Crippen molar-refractivity contribution < 1.29 is 68.1 Å². The molecule has 2 atom stereocenters. The number of carbonyl (C=O) groups excluding carboxylic acids is 1. The molecule has 0 bridgehead atoms. The molecule has 17 heteroatoms. The maximum Gasteiger partial charge on any atom is 0.457 e. The van der Waals surface area contributed by atoms with Gasteiger partial charge in [-0.3, -0.25) is 14.1 Å². The second-order valence-corrected chi connectivity index (χ2v) is 6.31. The van der Waals surface area contributed by atoms with Gasteiger partial charge in [-0.1, -0.05) is 0 Å². The molecule has 1 amide bonds. The average Bonchev–Trinajstić information content (AvgIpc) is 2.39. The van der Waals surface area contributed by atoms with Crippen LogP contribution < -0.4 is 5.32 Å². The summed E-state index contributed by atoms with van der Waals surface area (Å²) in [7, 11) is -5.03. The zero-order valence-electron chi connectivity index (χ0n) is 12.4. The van der Waals surface area contributed by atoms with Gasteiger partial charge in [0, 0.05) is 13.7 Å². The lowest BCUT2D eigenvalue weighted by atomic mass is 10.2. The van der Waals surface area contributed by atoms with Crippen LogP contribution in [0.4, 0.5) is 39.5 Å². The quantitative estimate of drug-likeness (QED) is 0.399. The van der Waals surface area contributed by atoms with Crippen LogP contribution in [0.5, 0.6) is 0 Å². The standard InChI is InChI=1S/C9H11F9NO6P/c1-24-7(13,8(14,15)16)9(17,18)25-4(6(10,11)12)5(20)19-2-3-26(21,22)23/h4H,2-3H2,1H3,(H,19,20)(H2,21,22,23). The first-order valence-electron chi connectivity index (χ1n) is 6.04. The SMILES string of the molecule is COC(F)(C(F)(F)F)C(F)(F)OC(C(=O)NCCP(=O)(O)O)C(F)(F)F. The summed E-state index contributed by atoms with van der Waals surface area (Å²) in [6.45, 7) is -1.17. The van der Waals surface area contributed by atoms with E-state index in [9.17, 15) is 48.9 Å². The third-order valence-corrected chi connectivity index (χ3v) is 3.33. The number of nitrogens with one attached hydrogen (secondary N) is 1. The molecule has 0 spiro atoms. The fraction of sp³-hybridized carbons (Fsp3) is 0.889. The number of hydrogen-bond acceptors (Lipinski definition) is 4. The van der Waals surface area contributed by atoms with E-state index in [0.717, 1.165) is 5.32 Å². The predicted octanol–water partition coefficient (Wildman–Crippen LogP) is 1.70. The van der Waals surface area contributed by atoms with Crippen LogP contribution in [-0.2, 0) is 18.8 Å². The van der Waals surface area contributed by atoms with Crippen molar-refractivity contribution in [2.45, 2.75) is 30.4 Å². The van der Waals surface area contributed by atoms with Crippen molar-refractivity contribution in [1.82, 2.24) is 5.32 Å². The first-order valence-corrected chi connectivity index (χ1v) is 7.83. The molecule has 0 rings (SSSR count). The first kappa shape index (κ1) is 24.9. The molecule has 0 aromatic rings. The van der Waals surface area contributed by atoms with Crippen molar-refractivity contribution >= 4 is 13.5 Å². The van der Waals surface area contributed by atoms with Crippen LogP contribution >= 0.6 is 7.60 Å². The van der Waals surface area contributed by atoms with Crippen LogP contribution in [0.3, 0.4) is 0 Å². The highest BCUT2D eigenvalue weighted by Gasteiger charge is 2.75. The van der Waals surface area contributed by atoms with Crippen molar-refractivity contribution in [3.05, 3.63) is 0 Å². The zero-order valence-corrected chi connectivity index (χ0v) is 13.3. The number of methoxy groups -OCH3 is 1. The van der Waals surface area contributed by atoms with E-state index in [2.05, 4.69) is 9.47 Å². The molecular weight excluding hydrogens is 420 g/mol. The van der Waals surface area contributed by atoms with Gasteiger partial charge in [-0.25, -0.2) is 0 Å². The zero-order chi connectivity index (χ0) is 21.2. The fourth-order valence-electron chi connectivity index (χ4n) is 1.31. The number of hydrogen-bond donors (Lipinski definition) is 3. The smallest absolute Gasteiger partial charge is 0.353 e. The van der Waals surface area contributed by atoms with Gasteiger partial charge in [0.25, 0.3) is 5.91 Å². The highest BCUT2D eigenvalue weighted by Crippen LogP contribution is 2.47. The minimum absolute atomic E-state index is 0.229. The Kier molecular flexibility index (Phi) is 7.55. The van der Waals surface area contributed by atoms with E-state index in [0.29, 0.717) is 0 Å². The summed E-state index contributed by atoms with van der Waals surface area (Å²) < 4.78 is 131. The van der Waals surface area contributed by atoms with Gasteiger partial charge in [0.05, 0.1) is 6.16 Å². The van der Waals surface area contributed by atoms with Crippen LogP contribution in [0, 0.1) is 0 Å². The Bertz CT molecular complexity index is 547. The molecule has 3 N–H and O–H groups in total. The Hall–Kier alpha value is -1.09. The average molecular weight is 431 g/mol. The Morgan fingerprint density at radius 3 is 1.85 bits per heavy atom. The van der Waals surface area contributed by atoms with E-state index < -0.39 is 56.6 Å². The van der Waals surface area contributed by atoms with Crippen LogP contribution in [0.1, 0.15) is 0 Å². The van der Waals surface area contributed by atoms with E-state index in [1.54, 1.807) is 0 Å². The summed E-state index contributed by atoms with van der Waals surface area (Å²) in [4.78, 5) is 28.1. The third kappa shape index (κ3) is 6.26. The number of alkyl halides is 9. The van der Waals surface area contributed by atoms with Gasteiger partial charge in [0.1, 0.15) is 0 Å². The maximum atomic E-state index is 13.4. The molecule has 0 radical (unpaired) electrons. The largest absolute Gasteiger partial charge is 0.457 e. The Labute approximate surface area is 138 Å². The lowest BCUT2D eigenvalue weighted by Gasteiger charge is -2.34. The van der Waals surface area contributed by atoms with Crippen LogP contribution in [0.2, 0.25) is 0 Å². The van der Waals surface area contributed by atoms with E-state index >= 15 is 0 Å². The van der Waals surface area contributed by atoms with Gasteiger partial charge in [-0.2, -0.15) is 39.5 Å². The summed E-state index contributed by atoms with van der Waals surface area (Å²) in [5, 5.41) is 1.12. The van der Waals surface area contributed by atoms with Crippen LogP contribution in [-0.4, -0.2) is 65.9 Å². The van der Waals surface area contributed by atoms with Gasteiger partial charge >= 0.3 is 31.9 Å². The number of halogens is 9. The van der Waals surface area contributed by atoms with E-state index in [4.69, 9.17) is 9.79 Å². The normalized spacial score (nSPS) is 17.5. The van der Waals surface area contributed by atoms with E-state index in [1.807, 2.05) is 0 Å². The highest BCUT2D eigenvalue weighted by atomic mass is 31.2. The monoisotopic (exact) mass is 431 g/mol. The Morgan fingerprint density at radius 1 is 1.08 bits per heavy atom. The summed E-state index contributed by atoms with van der Waals surface area (Å²) in [6, 6.07) is 0. The maximum absolute atomic E-state index is 13.4. The van der Waals surface area contributed by atoms with Crippen molar-refractivity contribution in [3.8, 4) is 0 Å². The van der Waals surface area contributed by atoms with Crippen molar-refractivity contribution in [2.24, 2.45) is 0 Å². The Balaban J connectivity index is 5.52. The molecule has 0 aliphatic carbocycles. The molecule has 0 fully saturated rings. The van der Waals surface area contributed by atoms with Crippen molar-refractivity contribution in [3.63, 3.8) is 0 Å². The van der Waals surface area contributed by atoms with E-state index in [-0.39, 0.29) is 7.11 Å².